The summed E-state index contributed by atoms with van der Waals surface area (Å²) in [6.45, 7) is 4.32. The van der Waals surface area contributed by atoms with E-state index in [2.05, 4.69) is 49.5 Å². The molecule has 7 rings (SSSR count). The second-order valence-corrected chi connectivity index (χ2v) is 9.52. The molecular weight excluding hydrogens is 426 g/mol. The lowest BCUT2D eigenvalue weighted by Crippen LogP contribution is -2.14. The highest BCUT2D eigenvalue weighted by molar-refractivity contribution is 6.12. The fourth-order valence-electron chi connectivity index (χ4n) is 5.51. The van der Waals surface area contributed by atoms with Gasteiger partial charge in [-0.2, -0.15) is 0 Å². The molecule has 5 aromatic carbocycles. The third kappa shape index (κ3) is 2.96. The molecule has 1 N–H and O–H groups in total. The molecule has 1 aromatic heterocycles. The molecule has 35 heavy (non-hydrogen) atoms. The summed E-state index contributed by atoms with van der Waals surface area (Å²) in [6.07, 6.45) is 0. The van der Waals surface area contributed by atoms with Crippen LogP contribution in [-0.2, 0) is 5.41 Å². The Morgan fingerprint density at radius 2 is 1.54 bits per heavy atom. The second kappa shape index (κ2) is 7.35. The smallest absolute Gasteiger partial charge is 0.137 e. The highest BCUT2D eigenvalue weighted by Crippen LogP contribution is 2.52. The van der Waals surface area contributed by atoms with E-state index >= 15 is 0 Å². The summed E-state index contributed by atoms with van der Waals surface area (Å²) < 4.78 is 47.9. The Morgan fingerprint density at radius 1 is 0.743 bits per heavy atom. The molecule has 0 fully saturated rings. The van der Waals surface area contributed by atoms with E-state index in [1.54, 1.807) is 0 Å². The van der Waals surface area contributed by atoms with Gasteiger partial charge in [-0.25, -0.2) is 0 Å². The fourth-order valence-corrected chi connectivity index (χ4v) is 5.51. The van der Waals surface area contributed by atoms with Crippen molar-refractivity contribution in [2.45, 2.75) is 19.3 Å². The van der Waals surface area contributed by atoms with Crippen molar-refractivity contribution in [2.75, 3.05) is 5.32 Å². The van der Waals surface area contributed by atoms with Gasteiger partial charge in [0.15, 0.2) is 0 Å². The zero-order valence-corrected chi connectivity index (χ0v) is 19.4. The van der Waals surface area contributed by atoms with E-state index in [9.17, 15) is 0 Å². The van der Waals surface area contributed by atoms with Gasteiger partial charge in [-0.3, -0.25) is 0 Å². The van der Waals surface area contributed by atoms with E-state index in [4.69, 9.17) is 11.3 Å². The molecule has 0 spiro atoms. The van der Waals surface area contributed by atoms with Crippen molar-refractivity contribution in [3.8, 4) is 22.3 Å². The largest absolute Gasteiger partial charge is 0.456 e. The number of furan rings is 1. The number of nitrogens with one attached hydrogen (secondary N) is 1. The van der Waals surface area contributed by atoms with Crippen LogP contribution in [0.25, 0.3) is 44.2 Å². The van der Waals surface area contributed by atoms with Crippen LogP contribution in [0, 0.1) is 0 Å². The van der Waals surface area contributed by atoms with Crippen molar-refractivity contribution in [1.82, 2.24) is 0 Å². The van der Waals surface area contributed by atoms with E-state index in [1.165, 1.54) is 0 Å². The standard InChI is InChI=1S/C33H25NO/c1-33(2)26-19-18-22(34-28-15-9-17-30-32(28)24-12-6-7-16-29(24)35-30)20-25(26)31-23(13-8-14-27(31)33)21-10-4-3-5-11-21/h3-20,34H,1-2H3/i3D,4D,5D,10D,11D. The normalized spacial score (nSPS) is 15.7. The third-order valence-corrected chi connectivity index (χ3v) is 7.15. The van der Waals surface area contributed by atoms with Gasteiger partial charge < -0.3 is 9.73 Å². The molecule has 0 saturated carbocycles. The average molecular weight is 457 g/mol. The van der Waals surface area contributed by atoms with Crippen molar-refractivity contribution < 1.29 is 11.3 Å². The first kappa shape index (κ1) is 15.6. The lowest BCUT2D eigenvalue weighted by Gasteiger charge is -2.22. The van der Waals surface area contributed by atoms with Gasteiger partial charge in [0.1, 0.15) is 11.2 Å². The van der Waals surface area contributed by atoms with Crippen molar-refractivity contribution >= 4 is 33.3 Å². The third-order valence-electron chi connectivity index (χ3n) is 7.15. The van der Waals surface area contributed by atoms with Gasteiger partial charge in [-0.15, -0.1) is 0 Å². The highest BCUT2D eigenvalue weighted by atomic mass is 16.3. The summed E-state index contributed by atoms with van der Waals surface area (Å²) in [5.74, 6) is 0. The number of para-hydroxylation sites is 1. The monoisotopic (exact) mass is 456 g/mol. The molecule has 0 saturated heterocycles. The predicted molar refractivity (Wildman–Crippen MR) is 146 cm³/mol. The molecule has 168 valence electrons. The van der Waals surface area contributed by atoms with Crippen molar-refractivity contribution in [1.29, 1.82) is 0 Å². The van der Waals surface area contributed by atoms with E-state index in [0.717, 1.165) is 55.6 Å². The van der Waals surface area contributed by atoms with Gasteiger partial charge in [0.05, 0.1) is 17.9 Å². The minimum absolute atomic E-state index is 0.196. The Kier molecular flexibility index (Phi) is 3.27. The zero-order valence-electron chi connectivity index (χ0n) is 24.4. The van der Waals surface area contributed by atoms with Gasteiger partial charge in [0, 0.05) is 16.5 Å². The maximum Gasteiger partial charge on any atom is 0.137 e. The van der Waals surface area contributed by atoms with Crippen molar-refractivity contribution in [3.05, 3.63) is 120 Å². The zero-order chi connectivity index (χ0) is 27.9. The van der Waals surface area contributed by atoms with Crippen LogP contribution in [0.4, 0.5) is 11.4 Å². The SMILES string of the molecule is [2H]c1c([2H])c([2H])c(-c2cccc3c2-c2cc(Nc4cccc5oc6ccccc6c45)ccc2C3(C)C)c([2H])c1[2H]. The van der Waals surface area contributed by atoms with E-state index < -0.39 is 0 Å². The molecule has 2 nitrogen and oxygen atoms in total. The van der Waals surface area contributed by atoms with Gasteiger partial charge in [-0.1, -0.05) is 92.6 Å². The first-order chi connectivity index (χ1) is 19.2. The molecular formula is C33H25NO. The van der Waals surface area contributed by atoms with E-state index in [1.807, 2.05) is 48.5 Å². The van der Waals surface area contributed by atoms with Gasteiger partial charge in [-0.05, 0) is 63.7 Å². The Hall–Kier alpha value is -4.30. The number of rotatable bonds is 3. The fraction of sp³-hybridized carbons (Fsp3) is 0.0909. The molecule has 1 aliphatic carbocycles. The van der Waals surface area contributed by atoms with Crippen molar-refractivity contribution in [2.24, 2.45) is 0 Å². The van der Waals surface area contributed by atoms with Crippen LogP contribution in [0.1, 0.15) is 31.8 Å². The number of benzene rings is 5. The molecule has 0 bridgehead atoms. The van der Waals surface area contributed by atoms with Crippen LogP contribution in [-0.4, -0.2) is 0 Å². The molecule has 1 aliphatic rings. The average Bonchev–Trinajstić information content (AvgIpc) is 3.44. The predicted octanol–water partition coefficient (Wildman–Crippen LogP) is 9.30. The first-order valence-electron chi connectivity index (χ1n) is 14.2. The summed E-state index contributed by atoms with van der Waals surface area (Å²) in [6, 6.07) is 24.6. The second-order valence-electron chi connectivity index (χ2n) is 9.52. The molecule has 0 radical (unpaired) electrons. The van der Waals surface area contributed by atoms with Crippen LogP contribution in [0.3, 0.4) is 0 Å². The summed E-state index contributed by atoms with van der Waals surface area (Å²) in [4.78, 5) is 0. The molecule has 2 heteroatoms. The Labute approximate surface area is 211 Å². The lowest BCUT2D eigenvalue weighted by atomic mass is 9.82. The van der Waals surface area contributed by atoms with Crippen LogP contribution in [0.2, 0.25) is 0 Å². The van der Waals surface area contributed by atoms with Crippen LogP contribution in [0.15, 0.2) is 113 Å². The quantitative estimate of drug-likeness (QED) is 0.287. The lowest BCUT2D eigenvalue weighted by molar-refractivity contribution is 0.660. The Bertz CT molecular complexity index is 2000. The Morgan fingerprint density at radius 3 is 2.43 bits per heavy atom. The van der Waals surface area contributed by atoms with Gasteiger partial charge in [0.2, 0.25) is 0 Å². The maximum absolute atomic E-state index is 8.64. The molecule has 0 amide bonds. The highest BCUT2D eigenvalue weighted by Gasteiger charge is 2.36. The number of anilines is 2. The molecule has 0 unspecified atom stereocenters. The molecule has 0 atom stereocenters. The Balaban J connectivity index is 1.43. The minimum atomic E-state index is -0.389. The number of fused-ring (bicyclic) bond motifs is 6. The molecule has 1 heterocycles. The summed E-state index contributed by atoms with van der Waals surface area (Å²) in [5, 5.41) is 5.65. The minimum Gasteiger partial charge on any atom is -0.456 e. The van der Waals surface area contributed by atoms with Crippen LogP contribution < -0.4 is 5.32 Å². The van der Waals surface area contributed by atoms with Crippen LogP contribution >= 0.6 is 0 Å². The van der Waals surface area contributed by atoms with Crippen molar-refractivity contribution in [3.63, 3.8) is 0 Å². The van der Waals surface area contributed by atoms with E-state index in [0.29, 0.717) is 5.56 Å². The van der Waals surface area contributed by atoms with E-state index in [-0.39, 0.29) is 41.2 Å². The summed E-state index contributed by atoms with van der Waals surface area (Å²) in [5.41, 5.74) is 8.06. The van der Waals surface area contributed by atoms with Crippen LogP contribution in [0.5, 0.6) is 0 Å². The van der Waals surface area contributed by atoms with Gasteiger partial charge >= 0.3 is 0 Å². The summed E-state index contributed by atoms with van der Waals surface area (Å²) in [7, 11) is 0. The topological polar surface area (TPSA) is 25.2 Å². The number of hydrogen-bond donors (Lipinski definition) is 1. The molecule has 6 aromatic rings. The molecule has 0 aliphatic heterocycles. The maximum atomic E-state index is 8.64. The van der Waals surface area contributed by atoms with Gasteiger partial charge in [0.25, 0.3) is 0 Å². The first-order valence-corrected chi connectivity index (χ1v) is 11.7. The summed E-state index contributed by atoms with van der Waals surface area (Å²) >= 11 is 0. The number of hydrogen-bond acceptors (Lipinski definition) is 2.